The van der Waals surface area contributed by atoms with E-state index in [-0.39, 0.29) is 48.5 Å². The molecule has 2 saturated heterocycles. The Labute approximate surface area is 158 Å². The molecule has 0 radical (unpaired) electrons. The number of aromatic nitrogens is 2. The molecule has 2 N–H and O–H groups in total. The van der Waals surface area contributed by atoms with Crippen LogP contribution in [-0.2, 0) is 11.0 Å². The van der Waals surface area contributed by atoms with E-state index in [4.69, 9.17) is 9.84 Å². The molecule has 2 aliphatic heterocycles. The van der Waals surface area contributed by atoms with Crippen molar-refractivity contribution in [2.75, 3.05) is 36.5 Å². The highest BCUT2D eigenvalue weighted by atomic mass is 19.4. The van der Waals surface area contributed by atoms with Crippen molar-refractivity contribution in [1.82, 2.24) is 9.97 Å². The maximum Gasteiger partial charge on any atom is 0.437 e. The highest BCUT2D eigenvalue weighted by Crippen LogP contribution is 2.55. The zero-order valence-corrected chi connectivity index (χ0v) is 15.3. The van der Waals surface area contributed by atoms with Crippen LogP contribution in [0.5, 0.6) is 5.75 Å². The Hall–Kier alpha value is -2.30. The van der Waals surface area contributed by atoms with Crippen LogP contribution in [-0.4, -0.2) is 65.0 Å². The smallest absolute Gasteiger partial charge is 0.437 e. The van der Waals surface area contributed by atoms with Gasteiger partial charge in [-0.15, -0.1) is 0 Å². The number of β-amino-alcohol motifs (C(OH)–C–C–N with tert-alkyl or cyclic N) is 1. The molecule has 3 fully saturated rings. The number of ether oxygens (including phenoxy) is 1. The van der Waals surface area contributed by atoms with Gasteiger partial charge in [0.15, 0.2) is 17.3 Å². The summed E-state index contributed by atoms with van der Waals surface area (Å²) in [5.74, 6) is -0.984. The quantitative estimate of drug-likeness (QED) is 0.759. The molecule has 8 nitrogen and oxygen atoms in total. The molecule has 28 heavy (non-hydrogen) atoms. The Kier molecular flexibility index (Phi) is 4.32. The Bertz CT molecular complexity index is 793. The molecule has 3 aliphatic rings. The lowest BCUT2D eigenvalue weighted by Gasteiger charge is -2.43. The minimum Gasteiger partial charge on any atom is -0.491 e. The number of halogens is 3. The molecule has 0 bridgehead atoms. The lowest BCUT2D eigenvalue weighted by atomic mass is 10.0. The number of anilines is 2. The summed E-state index contributed by atoms with van der Waals surface area (Å²) in [6.45, 7) is 2.72. The predicted molar refractivity (Wildman–Crippen MR) is 91.3 cm³/mol. The minimum absolute atomic E-state index is 0.0636. The van der Waals surface area contributed by atoms with Gasteiger partial charge in [0.25, 0.3) is 0 Å². The molecule has 154 valence electrons. The number of fused-ring (bicyclic) bond motifs is 1. The highest BCUT2D eigenvalue weighted by molar-refractivity contribution is 5.68. The largest absolute Gasteiger partial charge is 0.491 e. The van der Waals surface area contributed by atoms with Gasteiger partial charge < -0.3 is 24.7 Å². The Balaban J connectivity index is 1.66. The van der Waals surface area contributed by atoms with Gasteiger partial charge in [0.2, 0.25) is 5.95 Å². The van der Waals surface area contributed by atoms with Crippen LogP contribution in [0, 0.1) is 17.8 Å². The SMILES string of the molecule is COc1c(N2C[C@@H]3[C@H](CC(=O)O)[C@@H]3C2)nc(N2C[C@@H](O)[C@@H]2C)nc1C(F)(F)F. The molecule has 0 amide bonds. The summed E-state index contributed by atoms with van der Waals surface area (Å²) in [6, 6.07) is -0.380. The fourth-order valence-electron chi connectivity index (χ4n) is 4.33. The van der Waals surface area contributed by atoms with Crippen molar-refractivity contribution in [1.29, 1.82) is 0 Å². The number of aliphatic hydroxyl groups is 1. The third-order valence-corrected chi connectivity index (χ3v) is 6.08. The summed E-state index contributed by atoms with van der Waals surface area (Å²) in [5.41, 5.74) is -1.15. The third kappa shape index (κ3) is 3.01. The van der Waals surface area contributed by atoms with Crippen LogP contribution < -0.4 is 14.5 Å². The fraction of sp³-hybridized carbons (Fsp3) is 0.706. The van der Waals surface area contributed by atoms with Crippen molar-refractivity contribution in [3.63, 3.8) is 0 Å². The average molecular weight is 402 g/mol. The Morgan fingerprint density at radius 3 is 2.36 bits per heavy atom. The molecule has 1 aromatic heterocycles. The van der Waals surface area contributed by atoms with E-state index in [9.17, 15) is 23.1 Å². The van der Waals surface area contributed by atoms with Crippen molar-refractivity contribution in [2.24, 2.45) is 17.8 Å². The van der Waals surface area contributed by atoms with Gasteiger partial charge in [0.1, 0.15) is 0 Å². The van der Waals surface area contributed by atoms with Crippen LogP contribution in [0.25, 0.3) is 0 Å². The lowest BCUT2D eigenvalue weighted by molar-refractivity contribution is -0.142. The summed E-state index contributed by atoms with van der Waals surface area (Å²) in [4.78, 5) is 22.2. The van der Waals surface area contributed by atoms with Gasteiger partial charge in [-0.1, -0.05) is 0 Å². The van der Waals surface area contributed by atoms with E-state index in [1.54, 1.807) is 11.8 Å². The number of hydrogen-bond acceptors (Lipinski definition) is 7. The Morgan fingerprint density at radius 1 is 1.25 bits per heavy atom. The molecule has 0 unspecified atom stereocenters. The van der Waals surface area contributed by atoms with Gasteiger partial charge >= 0.3 is 12.1 Å². The molecule has 1 saturated carbocycles. The first-order chi connectivity index (χ1) is 13.1. The van der Waals surface area contributed by atoms with E-state index in [0.717, 1.165) is 7.11 Å². The van der Waals surface area contributed by atoms with Crippen LogP contribution >= 0.6 is 0 Å². The second-order valence-electron chi connectivity index (χ2n) is 7.68. The number of piperidine rings is 1. The summed E-state index contributed by atoms with van der Waals surface area (Å²) in [5, 5.41) is 18.6. The third-order valence-electron chi connectivity index (χ3n) is 6.08. The Morgan fingerprint density at radius 2 is 1.89 bits per heavy atom. The van der Waals surface area contributed by atoms with Gasteiger partial charge in [-0.05, 0) is 24.7 Å². The first-order valence-electron chi connectivity index (χ1n) is 9.06. The van der Waals surface area contributed by atoms with Crippen LogP contribution in [0.3, 0.4) is 0 Å². The minimum atomic E-state index is -4.72. The number of aliphatic hydroxyl groups excluding tert-OH is 1. The maximum atomic E-state index is 13.6. The lowest BCUT2D eigenvalue weighted by Crippen LogP contribution is -2.59. The summed E-state index contributed by atoms with van der Waals surface area (Å²) >= 11 is 0. The molecule has 11 heteroatoms. The molecule has 1 aliphatic carbocycles. The monoisotopic (exact) mass is 402 g/mol. The number of hydrogen-bond donors (Lipinski definition) is 2. The van der Waals surface area contributed by atoms with Crippen LogP contribution in [0.2, 0.25) is 0 Å². The number of alkyl halides is 3. The number of aliphatic carboxylic acids is 1. The van der Waals surface area contributed by atoms with Gasteiger partial charge in [0, 0.05) is 26.1 Å². The number of carboxylic acids is 1. The van der Waals surface area contributed by atoms with Crippen LogP contribution in [0.15, 0.2) is 0 Å². The van der Waals surface area contributed by atoms with E-state index in [0.29, 0.717) is 13.1 Å². The zero-order chi connectivity index (χ0) is 20.4. The van der Waals surface area contributed by atoms with Gasteiger partial charge in [0.05, 0.1) is 19.3 Å². The van der Waals surface area contributed by atoms with Crippen LogP contribution in [0.4, 0.5) is 24.9 Å². The summed E-state index contributed by atoms with van der Waals surface area (Å²) in [6.07, 6.45) is -5.29. The average Bonchev–Trinajstić information content (AvgIpc) is 3.05. The second kappa shape index (κ2) is 6.36. The second-order valence-corrected chi connectivity index (χ2v) is 7.68. The van der Waals surface area contributed by atoms with Crippen molar-refractivity contribution in [3.05, 3.63) is 5.69 Å². The van der Waals surface area contributed by atoms with Crippen molar-refractivity contribution >= 4 is 17.7 Å². The van der Waals surface area contributed by atoms with E-state index in [1.807, 2.05) is 0 Å². The molecule has 1 aromatic rings. The molecule has 0 aromatic carbocycles. The first kappa shape index (κ1) is 19.0. The molecule has 4 rings (SSSR count). The topological polar surface area (TPSA) is 99.0 Å². The van der Waals surface area contributed by atoms with Crippen molar-refractivity contribution in [3.8, 4) is 5.75 Å². The number of rotatable bonds is 5. The summed E-state index contributed by atoms with van der Waals surface area (Å²) < 4.78 is 45.9. The van der Waals surface area contributed by atoms with Crippen molar-refractivity contribution < 1.29 is 32.9 Å². The summed E-state index contributed by atoms with van der Waals surface area (Å²) in [7, 11) is 1.15. The van der Waals surface area contributed by atoms with Gasteiger partial charge in [-0.2, -0.15) is 18.2 Å². The van der Waals surface area contributed by atoms with Crippen molar-refractivity contribution in [2.45, 2.75) is 31.7 Å². The molecule has 0 spiro atoms. The number of carboxylic acid groups (broad SMARTS) is 1. The molecular formula is C17H21F3N4O4. The van der Waals surface area contributed by atoms with Gasteiger partial charge in [-0.25, -0.2) is 4.98 Å². The molecule has 5 atom stereocenters. The number of nitrogens with zero attached hydrogens (tertiary/aromatic N) is 4. The van der Waals surface area contributed by atoms with E-state index < -0.39 is 29.7 Å². The number of methoxy groups -OCH3 is 1. The van der Waals surface area contributed by atoms with E-state index in [2.05, 4.69) is 9.97 Å². The maximum absolute atomic E-state index is 13.6. The first-order valence-corrected chi connectivity index (χ1v) is 9.06. The van der Waals surface area contributed by atoms with E-state index >= 15 is 0 Å². The van der Waals surface area contributed by atoms with Crippen LogP contribution in [0.1, 0.15) is 19.0 Å². The fourth-order valence-corrected chi connectivity index (χ4v) is 4.33. The standard InChI is InChI=1S/C17H21F3N4O4/c1-7-11(25)6-24(7)16-21-14(17(18,19)20)13(28-2)15(22-16)23-4-9-8(3-12(26)27)10(9)5-23/h7-11,25H,3-6H2,1-2H3,(H,26,27)/t7-,8-,9+,10-,11+/m0/s1. The van der Waals surface area contributed by atoms with E-state index in [1.165, 1.54) is 4.90 Å². The molecular weight excluding hydrogens is 381 g/mol. The highest BCUT2D eigenvalue weighted by Gasteiger charge is 2.57. The predicted octanol–water partition coefficient (Wildman–Crippen LogP) is 1.23. The zero-order valence-electron chi connectivity index (χ0n) is 15.3. The molecule has 3 heterocycles. The normalized spacial score (nSPS) is 31.4. The van der Waals surface area contributed by atoms with Gasteiger partial charge in [-0.3, -0.25) is 4.79 Å². The number of carbonyl (C=O) groups is 1.